The second-order valence-corrected chi connectivity index (χ2v) is 8.76. The Balaban J connectivity index is 0.000000286. The van der Waals surface area contributed by atoms with Crippen molar-refractivity contribution in [2.45, 2.75) is 50.3 Å². The van der Waals surface area contributed by atoms with Crippen LogP contribution in [0.4, 0.5) is 26.3 Å². The monoisotopic (exact) mass is 543 g/mol. The van der Waals surface area contributed by atoms with Crippen LogP contribution in [-0.2, 0) is 25.7 Å². The van der Waals surface area contributed by atoms with Crippen molar-refractivity contribution in [1.29, 1.82) is 0 Å². The number of alkyl halides is 6. The number of rotatable bonds is 4. The van der Waals surface area contributed by atoms with E-state index < -0.39 is 24.3 Å². The molecule has 2 saturated heterocycles. The van der Waals surface area contributed by atoms with E-state index in [9.17, 15) is 31.1 Å². The summed E-state index contributed by atoms with van der Waals surface area (Å²) >= 11 is 0. The highest BCUT2D eigenvalue weighted by Gasteiger charge is 2.48. The Morgan fingerprint density at radius 3 is 2.03 bits per heavy atom. The number of carboxylic acid groups (broad SMARTS) is 2. The lowest BCUT2D eigenvalue weighted by Crippen LogP contribution is -2.54. The number of hydrogen-bond donors (Lipinski definition) is 2. The Morgan fingerprint density at radius 2 is 1.59 bits per heavy atom. The smallest absolute Gasteiger partial charge is 0.475 e. The van der Waals surface area contributed by atoms with E-state index in [-0.39, 0.29) is 6.10 Å². The van der Waals surface area contributed by atoms with Crippen molar-refractivity contribution < 1.29 is 55.7 Å². The number of nitrogens with zero attached hydrogens (tertiary/aromatic N) is 3. The number of carbonyl (C=O) groups is 3. The van der Waals surface area contributed by atoms with Gasteiger partial charge in [-0.15, -0.1) is 0 Å². The van der Waals surface area contributed by atoms with Crippen LogP contribution in [-0.4, -0.2) is 94.1 Å². The van der Waals surface area contributed by atoms with Gasteiger partial charge in [-0.2, -0.15) is 26.3 Å². The third kappa shape index (κ3) is 9.14. The molecule has 1 saturated carbocycles. The highest BCUT2D eigenvalue weighted by molar-refractivity contribution is 5.81. The minimum Gasteiger partial charge on any atom is -0.475 e. The number of piperidine rings is 1. The molecule has 0 unspecified atom stereocenters. The first-order valence-electron chi connectivity index (χ1n) is 11.2. The third-order valence-electron chi connectivity index (χ3n) is 6.07. The van der Waals surface area contributed by atoms with E-state index in [2.05, 4.69) is 20.9 Å². The van der Waals surface area contributed by atoms with Gasteiger partial charge < -0.3 is 19.8 Å². The van der Waals surface area contributed by atoms with E-state index in [0.29, 0.717) is 23.8 Å². The summed E-state index contributed by atoms with van der Waals surface area (Å²) in [6.07, 6.45) is -3.01. The molecule has 3 atom stereocenters. The predicted molar refractivity (Wildman–Crippen MR) is 114 cm³/mol. The highest BCUT2D eigenvalue weighted by Crippen LogP contribution is 2.38. The molecule has 4 rings (SSSR count). The Bertz CT molecular complexity index is 902. The van der Waals surface area contributed by atoms with Gasteiger partial charge in [0, 0.05) is 57.5 Å². The number of amides is 1. The van der Waals surface area contributed by atoms with Crippen molar-refractivity contribution in [3.8, 4) is 0 Å². The van der Waals surface area contributed by atoms with Crippen molar-refractivity contribution in [2.75, 3.05) is 26.7 Å². The molecule has 3 aliphatic rings. The number of fused-ring (bicyclic) bond motifs is 1. The molecule has 1 aromatic heterocycles. The van der Waals surface area contributed by atoms with Gasteiger partial charge in [-0.1, -0.05) is 6.07 Å². The fraction of sp³-hybridized carbons (Fsp3) is 0.636. The van der Waals surface area contributed by atoms with E-state index in [4.69, 9.17) is 24.5 Å². The molecule has 0 spiro atoms. The van der Waals surface area contributed by atoms with Crippen LogP contribution in [0, 0.1) is 11.8 Å². The minimum atomic E-state index is -5.08. The van der Waals surface area contributed by atoms with E-state index in [1.165, 1.54) is 5.56 Å². The second-order valence-electron chi connectivity index (χ2n) is 8.76. The van der Waals surface area contributed by atoms with Gasteiger partial charge in [0.15, 0.2) is 0 Å². The SMILES string of the molecule is CO[C@@H]1CCN(C(=O)C2CC2)[C@@H]2CN(Cc3cccnc3)C[C@@H]21.O=C(O)C(F)(F)F.O=C(O)C(F)(F)F. The first kappa shape index (κ1) is 30.3. The summed E-state index contributed by atoms with van der Waals surface area (Å²) in [6.45, 7) is 3.73. The molecule has 1 aromatic rings. The van der Waals surface area contributed by atoms with Crippen LogP contribution in [0.15, 0.2) is 24.5 Å². The lowest BCUT2D eigenvalue weighted by molar-refractivity contribution is -0.193. The van der Waals surface area contributed by atoms with Gasteiger partial charge >= 0.3 is 24.3 Å². The number of hydrogen-bond acceptors (Lipinski definition) is 6. The van der Waals surface area contributed by atoms with Crippen molar-refractivity contribution in [2.24, 2.45) is 11.8 Å². The van der Waals surface area contributed by atoms with E-state index in [0.717, 1.165) is 45.4 Å². The topological polar surface area (TPSA) is 120 Å². The highest BCUT2D eigenvalue weighted by atomic mass is 19.4. The summed E-state index contributed by atoms with van der Waals surface area (Å²) in [5.74, 6) is -4.38. The maximum atomic E-state index is 12.6. The number of carbonyl (C=O) groups excluding carboxylic acids is 1. The maximum Gasteiger partial charge on any atom is 0.490 e. The minimum absolute atomic E-state index is 0.280. The van der Waals surface area contributed by atoms with Gasteiger partial charge in [0.1, 0.15) is 0 Å². The summed E-state index contributed by atoms with van der Waals surface area (Å²) in [7, 11) is 1.81. The molecular formula is C22H27F6N3O6. The lowest BCUT2D eigenvalue weighted by Gasteiger charge is -2.41. The van der Waals surface area contributed by atoms with Gasteiger partial charge in [0.05, 0.1) is 12.1 Å². The molecule has 3 fully saturated rings. The molecular weight excluding hydrogens is 516 g/mol. The first-order valence-corrected chi connectivity index (χ1v) is 11.2. The molecule has 15 heteroatoms. The fourth-order valence-corrected chi connectivity index (χ4v) is 4.25. The van der Waals surface area contributed by atoms with E-state index in [1.54, 1.807) is 0 Å². The van der Waals surface area contributed by atoms with Crippen molar-refractivity contribution in [3.63, 3.8) is 0 Å². The van der Waals surface area contributed by atoms with Crippen LogP contribution in [0.1, 0.15) is 24.8 Å². The zero-order valence-corrected chi connectivity index (χ0v) is 19.7. The van der Waals surface area contributed by atoms with Gasteiger partial charge in [-0.3, -0.25) is 14.7 Å². The van der Waals surface area contributed by atoms with Crippen LogP contribution in [0.3, 0.4) is 0 Å². The van der Waals surface area contributed by atoms with Crippen LogP contribution in [0.5, 0.6) is 0 Å². The van der Waals surface area contributed by atoms with Crippen LogP contribution >= 0.6 is 0 Å². The molecule has 1 aliphatic carbocycles. The Labute approximate surface area is 208 Å². The zero-order chi connectivity index (χ0) is 28.0. The predicted octanol–water partition coefficient (Wildman–Crippen LogP) is 2.81. The van der Waals surface area contributed by atoms with Gasteiger partial charge in [0.2, 0.25) is 5.91 Å². The normalized spacial score (nSPS) is 23.6. The average molecular weight is 543 g/mol. The summed E-state index contributed by atoms with van der Waals surface area (Å²) in [4.78, 5) is 39.2. The van der Waals surface area contributed by atoms with Crippen LogP contribution in [0.25, 0.3) is 0 Å². The molecule has 9 nitrogen and oxygen atoms in total. The number of aromatic nitrogens is 1. The molecule has 2 aliphatic heterocycles. The average Bonchev–Trinajstić information content (AvgIpc) is 3.58. The maximum absolute atomic E-state index is 12.6. The van der Waals surface area contributed by atoms with Crippen molar-refractivity contribution in [3.05, 3.63) is 30.1 Å². The quantitative estimate of drug-likeness (QED) is 0.557. The number of pyridine rings is 1. The molecule has 0 radical (unpaired) electrons. The van der Waals surface area contributed by atoms with Gasteiger partial charge in [-0.25, -0.2) is 9.59 Å². The Kier molecular flexibility index (Phi) is 10.3. The summed E-state index contributed by atoms with van der Waals surface area (Å²) in [5.41, 5.74) is 1.24. The fourth-order valence-electron chi connectivity index (χ4n) is 4.25. The standard InChI is InChI=1S/C18H25N3O2.2C2HF3O2/c1-23-17-6-8-21(18(22)14-4-5-14)16-12-20(11-15(16)17)10-13-3-2-7-19-9-13;2*3-2(4,5)1(6)7/h2-3,7,9,14-17H,4-6,8,10-12H2,1H3;2*(H,6,7)/t15-,16+,17+;;/m0../s1. The van der Waals surface area contributed by atoms with Crippen molar-refractivity contribution in [1.82, 2.24) is 14.8 Å². The summed E-state index contributed by atoms with van der Waals surface area (Å²) < 4.78 is 69.2. The van der Waals surface area contributed by atoms with Crippen molar-refractivity contribution >= 4 is 17.8 Å². The van der Waals surface area contributed by atoms with Gasteiger partial charge in [-0.05, 0) is 30.9 Å². The number of methoxy groups -OCH3 is 1. The number of aliphatic carboxylic acids is 2. The number of halogens is 6. The summed E-state index contributed by atoms with van der Waals surface area (Å²) in [6, 6.07) is 4.42. The van der Waals surface area contributed by atoms with Crippen LogP contribution < -0.4 is 0 Å². The number of likely N-dealkylation sites (tertiary alicyclic amines) is 2. The molecule has 1 amide bonds. The lowest BCUT2D eigenvalue weighted by atomic mass is 9.88. The zero-order valence-electron chi connectivity index (χ0n) is 19.7. The van der Waals surface area contributed by atoms with E-state index in [1.807, 2.05) is 25.6 Å². The largest absolute Gasteiger partial charge is 0.490 e. The van der Waals surface area contributed by atoms with Gasteiger partial charge in [0.25, 0.3) is 0 Å². The molecule has 0 aromatic carbocycles. The summed E-state index contributed by atoms with van der Waals surface area (Å²) in [5, 5.41) is 14.2. The first-order chi connectivity index (χ1) is 17.1. The van der Waals surface area contributed by atoms with E-state index >= 15 is 0 Å². The van der Waals surface area contributed by atoms with Crippen LogP contribution in [0.2, 0.25) is 0 Å². The Morgan fingerprint density at radius 1 is 1.03 bits per heavy atom. The second kappa shape index (κ2) is 12.5. The Hall–Kier alpha value is -2.94. The number of carboxylic acids is 2. The number of ether oxygens (including phenoxy) is 1. The molecule has 2 N–H and O–H groups in total. The molecule has 208 valence electrons. The molecule has 37 heavy (non-hydrogen) atoms. The third-order valence-corrected chi connectivity index (χ3v) is 6.07. The molecule has 3 heterocycles. The molecule has 0 bridgehead atoms.